The largest absolute Gasteiger partial charge is 0.371 e. The van der Waals surface area contributed by atoms with Crippen LogP contribution in [-0.4, -0.2) is 30.0 Å². The second kappa shape index (κ2) is 6.19. The van der Waals surface area contributed by atoms with Gasteiger partial charge in [-0.1, -0.05) is 25.3 Å². The van der Waals surface area contributed by atoms with Gasteiger partial charge in [0.25, 0.3) is 5.91 Å². The molecular weight excluding hydrogens is 286 g/mol. The molecule has 1 saturated heterocycles. The summed E-state index contributed by atoms with van der Waals surface area (Å²) in [6, 6.07) is 8.62. The molecule has 0 unspecified atom stereocenters. The zero-order valence-corrected chi connectivity index (χ0v) is 13.4. The van der Waals surface area contributed by atoms with Gasteiger partial charge in [-0.25, -0.2) is 0 Å². The molecule has 1 N–H and O–H groups in total. The molecule has 1 amide bonds. The van der Waals surface area contributed by atoms with E-state index in [2.05, 4.69) is 33.4 Å². The molecule has 2 aliphatic rings. The van der Waals surface area contributed by atoms with Gasteiger partial charge < -0.3 is 10.2 Å². The van der Waals surface area contributed by atoms with Crippen LogP contribution >= 0.6 is 0 Å². The van der Waals surface area contributed by atoms with Crippen molar-refractivity contribution < 1.29 is 4.79 Å². The maximum atomic E-state index is 12.4. The maximum absolute atomic E-state index is 12.4. The molecule has 1 saturated carbocycles. The number of fused-ring (bicyclic) bond motifs is 1. The van der Waals surface area contributed by atoms with Crippen molar-refractivity contribution in [3.05, 3.63) is 36.0 Å². The summed E-state index contributed by atoms with van der Waals surface area (Å²) in [5, 5.41) is 4.19. The van der Waals surface area contributed by atoms with Crippen LogP contribution in [0.4, 0.5) is 5.69 Å². The first kappa shape index (κ1) is 14.5. The van der Waals surface area contributed by atoms with E-state index in [9.17, 15) is 4.79 Å². The molecule has 2 fully saturated rings. The molecule has 0 atom stereocenters. The highest BCUT2D eigenvalue weighted by molar-refractivity contribution is 5.97. The SMILES string of the molecule is O=C(NC1CCCCC1)c1cnc2cc(N3CCC3)ccc2c1. The first-order valence-corrected chi connectivity index (χ1v) is 8.75. The minimum Gasteiger partial charge on any atom is -0.371 e. The average Bonchev–Trinajstić information content (AvgIpc) is 2.53. The lowest BCUT2D eigenvalue weighted by Crippen LogP contribution is -2.36. The Balaban J connectivity index is 1.52. The smallest absolute Gasteiger partial charge is 0.253 e. The van der Waals surface area contributed by atoms with Crippen molar-refractivity contribution in [1.82, 2.24) is 10.3 Å². The number of carbonyl (C=O) groups is 1. The Morgan fingerprint density at radius 2 is 1.91 bits per heavy atom. The minimum atomic E-state index is 0.0121. The molecule has 0 bridgehead atoms. The van der Waals surface area contributed by atoms with Crippen LogP contribution in [0.15, 0.2) is 30.5 Å². The molecule has 1 aliphatic heterocycles. The number of pyridine rings is 1. The van der Waals surface area contributed by atoms with Crippen molar-refractivity contribution in [2.75, 3.05) is 18.0 Å². The van der Waals surface area contributed by atoms with Gasteiger partial charge in [0.2, 0.25) is 0 Å². The van der Waals surface area contributed by atoms with E-state index in [0.29, 0.717) is 11.6 Å². The Hall–Kier alpha value is -2.10. The summed E-state index contributed by atoms with van der Waals surface area (Å²) in [5.74, 6) is 0.0121. The zero-order valence-electron chi connectivity index (χ0n) is 13.4. The summed E-state index contributed by atoms with van der Waals surface area (Å²) in [4.78, 5) is 19.3. The Bertz CT molecular complexity index is 718. The molecule has 2 aromatic rings. The van der Waals surface area contributed by atoms with Crippen LogP contribution in [0.3, 0.4) is 0 Å². The van der Waals surface area contributed by atoms with E-state index < -0.39 is 0 Å². The monoisotopic (exact) mass is 309 g/mol. The second-order valence-electron chi connectivity index (χ2n) is 6.75. The van der Waals surface area contributed by atoms with Gasteiger partial charge in [0, 0.05) is 36.4 Å². The van der Waals surface area contributed by atoms with Crippen LogP contribution in [-0.2, 0) is 0 Å². The van der Waals surface area contributed by atoms with E-state index >= 15 is 0 Å². The Kier molecular flexibility index (Phi) is 3.90. The summed E-state index contributed by atoms with van der Waals surface area (Å²) in [5.41, 5.74) is 2.86. The summed E-state index contributed by atoms with van der Waals surface area (Å²) in [6.45, 7) is 2.26. The Morgan fingerprint density at radius 3 is 2.65 bits per heavy atom. The Labute approximate surface area is 136 Å². The molecule has 1 aromatic heterocycles. The molecule has 4 heteroatoms. The summed E-state index contributed by atoms with van der Waals surface area (Å²) in [6.07, 6.45) is 8.92. The quantitative estimate of drug-likeness (QED) is 0.943. The van der Waals surface area contributed by atoms with Crippen molar-refractivity contribution in [1.29, 1.82) is 0 Å². The first-order chi connectivity index (χ1) is 11.3. The number of anilines is 1. The molecule has 1 aliphatic carbocycles. The molecule has 0 spiro atoms. The molecule has 0 radical (unpaired) electrons. The highest BCUT2D eigenvalue weighted by Crippen LogP contribution is 2.25. The zero-order chi connectivity index (χ0) is 15.6. The van der Waals surface area contributed by atoms with Gasteiger partial charge >= 0.3 is 0 Å². The van der Waals surface area contributed by atoms with E-state index in [1.807, 2.05) is 6.07 Å². The molecule has 23 heavy (non-hydrogen) atoms. The fourth-order valence-corrected chi connectivity index (χ4v) is 3.52. The Morgan fingerprint density at radius 1 is 1.09 bits per heavy atom. The predicted octanol–water partition coefficient (Wildman–Crippen LogP) is 3.51. The van der Waals surface area contributed by atoms with Crippen LogP contribution in [0, 0.1) is 0 Å². The predicted molar refractivity (Wildman–Crippen MR) is 92.9 cm³/mol. The van der Waals surface area contributed by atoms with E-state index in [1.165, 1.54) is 31.4 Å². The third-order valence-electron chi connectivity index (χ3n) is 5.09. The van der Waals surface area contributed by atoms with E-state index in [0.717, 1.165) is 36.8 Å². The number of hydrogen-bond donors (Lipinski definition) is 1. The fourth-order valence-electron chi connectivity index (χ4n) is 3.52. The van der Waals surface area contributed by atoms with Gasteiger partial charge in [0.1, 0.15) is 0 Å². The third-order valence-corrected chi connectivity index (χ3v) is 5.09. The number of carbonyl (C=O) groups excluding carboxylic acids is 1. The summed E-state index contributed by atoms with van der Waals surface area (Å²) < 4.78 is 0. The topological polar surface area (TPSA) is 45.2 Å². The number of hydrogen-bond acceptors (Lipinski definition) is 3. The van der Waals surface area contributed by atoms with Crippen molar-refractivity contribution in [2.45, 2.75) is 44.6 Å². The van der Waals surface area contributed by atoms with Crippen molar-refractivity contribution in [3.63, 3.8) is 0 Å². The second-order valence-corrected chi connectivity index (χ2v) is 6.75. The number of benzene rings is 1. The summed E-state index contributed by atoms with van der Waals surface area (Å²) >= 11 is 0. The lowest BCUT2D eigenvalue weighted by atomic mass is 9.95. The molecule has 120 valence electrons. The third kappa shape index (κ3) is 3.03. The average molecular weight is 309 g/mol. The van der Waals surface area contributed by atoms with Crippen LogP contribution in [0.5, 0.6) is 0 Å². The summed E-state index contributed by atoms with van der Waals surface area (Å²) in [7, 11) is 0. The van der Waals surface area contributed by atoms with Crippen molar-refractivity contribution >= 4 is 22.5 Å². The van der Waals surface area contributed by atoms with E-state index in [4.69, 9.17) is 0 Å². The maximum Gasteiger partial charge on any atom is 0.253 e. The molecule has 2 heterocycles. The van der Waals surface area contributed by atoms with Crippen molar-refractivity contribution in [3.8, 4) is 0 Å². The number of amides is 1. The number of rotatable bonds is 3. The highest BCUT2D eigenvalue weighted by Gasteiger charge is 2.18. The highest BCUT2D eigenvalue weighted by atomic mass is 16.1. The lowest BCUT2D eigenvalue weighted by molar-refractivity contribution is 0.0927. The first-order valence-electron chi connectivity index (χ1n) is 8.75. The van der Waals surface area contributed by atoms with Gasteiger partial charge in [0.15, 0.2) is 0 Å². The standard InChI is InChI=1S/C19H23N3O/c23-19(21-16-5-2-1-3-6-16)15-11-14-7-8-17(22-9-4-10-22)12-18(14)20-13-15/h7-8,11-13,16H,1-6,9-10H2,(H,21,23). The lowest BCUT2D eigenvalue weighted by Gasteiger charge is -2.33. The van der Waals surface area contributed by atoms with Crippen LogP contribution in [0.2, 0.25) is 0 Å². The number of nitrogens with one attached hydrogen (secondary N) is 1. The van der Waals surface area contributed by atoms with E-state index in [-0.39, 0.29) is 5.91 Å². The van der Waals surface area contributed by atoms with Gasteiger partial charge in [-0.15, -0.1) is 0 Å². The van der Waals surface area contributed by atoms with Crippen molar-refractivity contribution in [2.24, 2.45) is 0 Å². The number of aromatic nitrogens is 1. The van der Waals surface area contributed by atoms with Crippen LogP contribution in [0.1, 0.15) is 48.9 Å². The molecule has 1 aromatic carbocycles. The van der Waals surface area contributed by atoms with Gasteiger partial charge in [-0.3, -0.25) is 9.78 Å². The van der Waals surface area contributed by atoms with Gasteiger partial charge in [-0.05, 0) is 37.5 Å². The van der Waals surface area contributed by atoms with E-state index in [1.54, 1.807) is 6.20 Å². The molecule has 4 rings (SSSR count). The van der Waals surface area contributed by atoms with Gasteiger partial charge in [0.05, 0.1) is 11.1 Å². The number of nitrogens with zero attached hydrogens (tertiary/aromatic N) is 2. The molecular formula is C19H23N3O. The van der Waals surface area contributed by atoms with Crippen LogP contribution in [0.25, 0.3) is 10.9 Å². The molecule has 4 nitrogen and oxygen atoms in total. The van der Waals surface area contributed by atoms with Crippen LogP contribution < -0.4 is 10.2 Å². The normalized spacial score (nSPS) is 18.7. The fraction of sp³-hybridized carbons (Fsp3) is 0.474. The minimum absolute atomic E-state index is 0.0121. The van der Waals surface area contributed by atoms with Gasteiger partial charge in [-0.2, -0.15) is 0 Å².